The molecule has 19 heavy (non-hydrogen) atoms. The van der Waals surface area contributed by atoms with Gasteiger partial charge in [-0.15, -0.1) is 0 Å². The van der Waals surface area contributed by atoms with E-state index < -0.39 is 5.95 Å². The third-order valence-corrected chi connectivity index (χ3v) is 3.81. The van der Waals surface area contributed by atoms with Gasteiger partial charge in [-0.25, -0.2) is 4.98 Å². The van der Waals surface area contributed by atoms with Gasteiger partial charge in [0.05, 0.1) is 5.56 Å². The minimum Gasteiger partial charge on any atom is -0.336 e. The Bertz CT molecular complexity index is 444. The molecule has 2 rings (SSSR count). The maximum atomic E-state index is 13.5. The van der Waals surface area contributed by atoms with Crippen LogP contribution in [0.3, 0.4) is 0 Å². The fraction of sp³-hybridized carbons (Fsp3) is 0.571. The lowest BCUT2D eigenvalue weighted by molar-refractivity contribution is 0.0574. The Morgan fingerprint density at radius 3 is 2.68 bits per heavy atom. The zero-order valence-corrected chi connectivity index (χ0v) is 11.5. The van der Waals surface area contributed by atoms with Gasteiger partial charge in [-0.3, -0.25) is 9.69 Å². The lowest BCUT2D eigenvalue weighted by Crippen LogP contribution is -2.51. The Morgan fingerprint density at radius 2 is 2.11 bits per heavy atom. The quantitative estimate of drug-likeness (QED) is 0.782. The SMILES string of the molecule is CCC(C)N1CCN(C(=O)c2cccnc2F)CC1. The van der Waals surface area contributed by atoms with Crippen molar-refractivity contribution < 1.29 is 9.18 Å². The summed E-state index contributed by atoms with van der Waals surface area (Å²) in [5, 5.41) is 0. The third kappa shape index (κ3) is 3.10. The van der Waals surface area contributed by atoms with Crippen LogP contribution in [0, 0.1) is 5.95 Å². The standard InChI is InChI=1S/C14H20FN3O/c1-3-11(2)17-7-9-18(10-8-17)14(19)12-5-4-6-16-13(12)15/h4-6,11H,3,7-10H2,1-2H3. The Balaban J connectivity index is 1.98. The molecule has 0 saturated carbocycles. The smallest absolute Gasteiger partial charge is 0.258 e. The molecule has 2 heterocycles. The molecular weight excluding hydrogens is 245 g/mol. The molecule has 1 unspecified atom stereocenters. The second-order valence-corrected chi connectivity index (χ2v) is 4.93. The highest BCUT2D eigenvalue weighted by Gasteiger charge is 2.25. The second kappa shape index (κ2) is 6.10. The summed E-state index contributed by atoms with van der Waals surface area (Å²) < 4.78 is 13.5. The number of aromatic nitrogens is 1. The Labute approximate surface area is 113 Å². The summed E-state index contributed by atoms with van der Waals surface area (Å²) in [6, 6.07) is 3.62. The van der Waals surface area contributed by atoms with Gasteiger partial charge in [-0.05, 0) is 25.5 Å². The number of nitrogens with zero attached hydrogens (tertiary/aromatic N) is 3. The monoisotopic (exact) mass is 265 g/mol. The lowest BCUT2D eigenvalue weighted by atomic mass is 10.1. The van der Waals surface area contributed by atoms with Gasteiger partial charge < -0.3 is 4.90 Å². The van der Waals surface area contributed by atoms with E-state index >= 15 is 0 Å². The topological polar surface area (TPSA) is 36.4 Å². The number of carbonyl (C=O) groups is 1. The molecule has 0 spiro atoms. The van der Waals surface area contributed by atoms with Crippen LogP contribution in [0.1, 0.15) is 30.6 Å². The number of piperazine rings is 1. The van der Waals surface area contributed by atoms with Gasteiger partial charge in [0.1, 0.15) is 0 Å². The lowest BCUT2D eigenvalue weighted by Gasteiger charge is -2.37. The molecule has 4 nitrogen and oxygen atoms in total. The fourth-order valence-electron chi connectivity index (χ4n) is 2.34. The van der Waals surface area contributed by atoms with Gasteiger partial charge in [-0.2, -0.15) is 4.39 Å². The van der Waals surface area contributed by atoms with E-state index in [9.17, 15) is 9.18 Å². The summed E-state index contributed by atoms with van der Waals surface area (Å²) in [4.78, 5) is 19.8. The van der Waals surface area contributed by atoms with E-state index in [-0.39, 0.29) is 11.5 Å². The van der Waals surface area contributed by atoms with Crippen LogP contribution < -0.4 is 0 Å². The minimum atomic E-state index is -0.683. The van der Waals surface area contributed by atoms with E-state index in [1.807, 2.05) is 0 Å². The molecule has 1 aromatic rings. The first-order valence-electron chi connectivity index (χ1n) is 6.77. The number of hydrogen-bond acceptors (Lipinski definition) is 3. The second-order valence-electron chi connectivity index (χ2n) is 4.93. The first-order chi connectivity index (χ1) is 9.13. The summed E-state index contributed by atoms with van der Waals surface area (Å²) in [6.45, 7) is 7.35. The van der Waals surface area contributed by atoms with Crippen LogP contribution in [0.4, 0.5) is 4.39 Å². The van der Waals surface area contributed by atoms with Crippen molar-refractivity contribution in [1.29, 1.82) is 0 Å². The van der Waals surface area contributed by atoms with Gasteiger partial charge in [0, 0.05) is 38.4 Å². The number of hydrogen-bond donors (Lipinski definition) is 0. The zero-order valence-electron chi connectivity index (χ0n) is 11.5. The number of carbonyl (C=O) groups excluding carboxylic acids is 1. The predicted molar refractivity (Wildman–Crippen MR) is 71.4 cm³/mol. The molecule has 1 aliphatic heterocycles. The van der Waals surface area contributed by atoms with E-state index in [2.05, 4.69) is 23.7 Å². The summed E-state index contributed by atoms with van der Waals surface area (Å²) in [7, 11) is 0. The van der Waals surface area contributed by atoms with Crippen LogP contribution >= 0.6 is 0 Å². The maximum absolute atomic E-state index is 13.5. The van der Waals surface area contributed by atoms with Crippen molar-refractivity contribution in [3.8, 4) is 0 Å². The summed E-state index contributed by atoms with van der Waals surface area (Å²) in [6.07, 6.45) is 2.46. The number of halogens is 1. The maximum Gasteiger partial charge on any atom is 0.258 e. The van der Waals surface area contributed by atoms with Gasteiger partial charge in [0.25, 0.3) is 5.91 Å². The van der Waals surface area contributed by atoms with Crippen molar-refractivity contribution in [2.45, 2.75) is 26.3 Å². The number of rotatable bonds is 3. The molecule has 1 amide bonds. The van der Waals surface area contributed by atoms with Crippen molar-refractivity contribution in [2.75, 3.05) is 26.2 Å². The van der Waals surface area contributed by atoms with Crippen LogP contribution in [0.2, 0.25) is 0 Å². The molecule has 0 bridgehead atoms. The molecule has 1 fully saturated rings. The zero-order chi connectivity index (χ0) is 13.8. The van der Waals surface area contributed by atoms with Crippen molar-refractivity contribution in [3.05, 3.63) is 29.8 Å². The average Bonchev–Trinajstić information content (AvgIpc) is 2.46. The summed E-state index contributed by atoms with van der Waals surface area (Å²) in [5.41, 5.74) is 0.0690. The number of pyridine rings is 1. The van der Waals surface area contributed by atoms with Crippen LogP contribution in [0.25, 0.3) is 0 Å². The molecule has 0 radical (unpaired) electrons. The van der Waals surface area contributed by atoms with E-state index in [1.165, 1.54) is 12.3 Å². The van der Waals surface area contributed by atoms with Crippen LogP contribution in [0.5, 0.6) is 0 Å². The van der Waals surface area contributed by atoms with Crippen LogP contribution in [-0.4, -0.2) is 52.9 Å². The van der Waals surface area contributed by atoms with Crippen molar-refractivity contribution >= 4 is 5.91 Å². The molecule has 1 saturated heterocycles. The average molecular weight is 265 g/mol. The molecule has 0 N–H and O–H groups in total. The van der Waals surface area contributed by atoms with E-state index in [0.717, 1.165) is 19.5 Å². The number of amides is 1. The normalized spacial score (nSPS) is 18.4. The first kappa shape index (κ1) is 13.9. The van der Waals surface area contributed by atoms with Gasteiger partial charge >= 0.3 is 0 Å². The first-order valence-corrected chi connectivity index (χ1v) is 6.77. The van der Waals surface area contributed by atoms with Crippen LogP contribution in [0.15, 0.2) is 18.3 Å². The Hall–Kier alpha value is -1.49. The Morgan fingerprint density at radius 1 is 1.42 bits per heavy atom. The summed E-state index contributed by atoms with van der Waals surface area (Å²) in [5.74, 6) is -0.939. The molecule has 0 aromatic carbocycles. The minimum absolute atomic E-state index is 0.0690. The molecule has 0 aliphatic carbocycles. The van der Waals surface area contributed by atoms with E-state index in [1.54, 1.807) is 11.0 Å². The van der Waals surface area contributed by atoms with Gasteiger partial charge in [0.15, 0.2) is 0 Å². The highest BCUT2D eigenvalue weighted by molar-refractivity contribution is 5.94. The molecule has 1 aliphatic rings. The van der Waals surface area contributed by atoms with Gasteiger partial charge in [0.2, 0.25) is 5.95 Å². The molecule has 5 heteroatoms. The molecular formula is C14H20FN3O. The van der Waals surface area contributed by atoms with Crippen molar-refractivity contribution in [2.24, 2.45) is 0 Å². The molecule has 1 aromatic heterocycles. The summed E-state index contributed by atoms with van der Waals surface area (Å²) >= 11 is 0. The van der Waals surface area contributed by atoms with Crippen molar-refractivity contribution in [3.63, 3.8) is 0 Å². The van der Waals surface area contributed by atoms with Crippen LogP contribution in [-0.2, 0) is 0 Å². The van der Waals surface area contributed by atoms with E-state index in [4.69, 9.17) is 0 Å². The van der Waals surface area contributed by atoms with Gasteiger partial charge in [-0.1, -0.05) is 6.92 Å². The fourth-order valence-corrected chi connectivity index (χ4v) is 2.34. The van der Waals surface area contributed by atoms with E-state index in [0.29, 0.717) is 19.1 Å². The Kier molecular flexibility index (Phi) is 4.47. The highest BCUT2D eigenvalue weighted by atomic mass is 19.1. The molecule has 104 valence electrons. The largest absolute Gasteiger partial charge is 0.336 e. The highest BCUT2D eigenvalue weighted by Crippen LogP contribution is 2.13. The van der Waals surface area contributed by atoms with Crippen molar-refractivity contribution in [1.82, 2.24) is 14.8 Å². The molecule has 1 atom stereocenters. The predicted octanol–water partition coefficient (Wildman–Crippen LogP) is 1.78. The third-order valence-electron chi connectivity index (χ3n) is 3.81.